The highest BCUT2D eigenvalue weighted by Crippen LogP contribution is 2.27. The molecule has 3 amide bonds. The number of benzene rings is 1. The smallest absolute Gasteiger partial charge is 0.373 e. The van der Waals surface area contributed by atoms with E-state index in [9.17, 15) is 19.2 Å². The van der Waals surface area contributed by atoms with E-state index in [1.54, 1.807) is 0 Å². The number of methoxy groups -OCH3 is 1. The third-order valence-electron chi connectivity index (χ3n) is 3.95. The number of amides is 3. The number of carbonyl (C=O) groups excluding carboxylic acids is 3. The van der Waals surface area contributed by atoms with Gasteiger partial charge in [0.2, 0.25) is 5.76 Å². The predicted molar refractivity (Wildman–Crippen MR) is 102 cm³/mol. The van der Waals surface area contributed by atoms with Gasteiger partial charge in [-0.25, -0.2) is 14.4 Å². The molecule has 0 saturated carbocycles. The molecule has 1 aromatic carbocycles. The van der Waals surface area contributed by atoms with Crippen molar-refractivity contribution in [3.05, 3.63) is 58.1 Å². The molecule has 11 heteroatoms. The molecule has 1 aliphatic rings. The first-order valence-electron chi connectivity index (χ1n) is 8.44. The summed E-state index contributed by atoms with van der Waals surface area (Å²) in [7, 11) is 1.20. The SMILES string of the molecule is COC(=O)c1ccc(CN2C(=O)NC(=Cc3cc(Cl)ccc3OCC(=O)O)C2=O)o1. The van der Waals surface area contributed by atoms with Crippen LogP contribution < -0.4 is 10.1 Å². The zero-order valence-corrected chi connectivity index (χ0v) is 16.3. The van der Waals surface area contributed by atoms with Crippen molar-refractivity contribution in [1.82, 2.24) is 10.2 Å². The number of aliphatic carboxylic acids is 1. The van der Waals surface area contributed by atoms with E-state index in [0.717, 1.165) is 4.90 Å². The minimum atomic E-state index is -1.18. The number of nitrogens with zero attached hydrogens (tertiary/aromatic N) is 1. The summed E-state index contributed by atoms with van der Waals surface area (Å²) in [6.45, 7) is -0.803. The largest absolute Gasteiger partial charge is 0.481 e. The first kappa shape index (κ1) is 20.9. The molecule has 30 heavy (non-hydrogen) atoms. The van der Waals surface area contributed by atoms with Crippen LogP contribution >= 0.6 is 11.6 Å². The molecule has 1 aromatic heterocycles. The molecule has 1 saturated heterocycles. The second-order valence-corrected chi connectivity index (χ2v) is 6.44. The Morgan fingerprint density at radius 1 is 1.27 bits per heavy atom. The van der Waals surface area contributed by atoms with Crippen molar-refractivity contribution in [1.29, 1.82) is 0 Å². The summed E-state index contributed by atoms with van der Waals surface area (Å²) in [5, 5.41) is 11.5. The Balaban J connectivity index is 1.81. The van der Waals surface area contributed by atoms with Crippen LogP contribution in [-0.4, -0.2) is 47.6 Å². The van der Waals surface area contributed by atoms with Gasteiger partial charge in [0.15, 0.2) is 6.61 Å². The second kappa shape index (κ2) is 8.70. The molecule has 0 bridgehead atoms. The van der Waals surface area contributed by atoms with Gasteiger partial charge in [-0.1, -0.05) is 11.6 Å². The Bertz CT molecular complexity index is 1060. The van der Waals surface area contributed by atoms with Gasteiger partial charge in [0.05, 0.1) is 13.7 Å². The molecule has 10 nitrogen and oxygen atoms in total. The lowest BCUT2D eigenvalue weighted by atomic mass is 10.1. The third kappa shape index (κ3) is 4.61. The Hall–Kier alpha value is -3.79. The van der Waals surface area contributed by atoms with Gasteiger partial charge < -0.3 is 24.3 Å². The zero-order valence-electron chi connectivity index (χ0n) is 15.5. The fourth-order valence-electron chi connectivity index (χ4n) is 2.60. The number of carbonyl (C=O) groups is 4. The zero-order chi connectivity index (χ0) is 21.8. The van der Waals surface area contributed by atoms with Crippen molar-refractivity contribution in [2.45, 2.75) is 6.54 Å². The number of imide groups is 1. The minimum absolute atomic E-state index is 0.0607. The predicted octanol–water partition coefficient (Wildman–Crippen LogP) is 2.28. The van der Waals surface area contributed by atoms with Gasteiger partial charge in [-0.15, -0.1) is 0 Å². The first-order chi connectivity index (χ1) is 14.3. The normalized spacial score (nSPS) is 14.7. The van der Waals surface area contributed by atoms with Crippen LogP contribution in [0.3, 0.4) is 0 Å². The number of halogens is 1. The quantitative estimate of drug-likeness (QED) is 0.385. The molecule has 0 aliphatic carbocycles. The summed E-state index contributed by atoms with van der Waals surface area (Å²) >= 11 is 5.97. The van der Waals surface area contributed by atoms with Crippen LogP contribution in [0.15, 0.2) is 40.4 Å². The van der Waals surface area contributed by atoms with E-state index in [1.165, 1.54) is 43.5 Å². The molecular weight excluding hydrogens is 420 g/mol. The number of urea groups is 1. The van der Waals surface area contributed by atoms with Crippen LogP contribution in [0.4, 0.5) is 4.79 Å². The number of carboxylic acid groups (broad SMARTS) is 1. The van der Waals surface area contributed by atoms with Crippen LogP contribution in [0.1, 0.15) is 21.9 Å². The standard InChI is InChI=1S/C19H15ClN2O8/c1-28-18(26)15-5-3-12(30-15)8-22-17(25)13(21-19(22)27)7-10-6-11(20)2-4-14(10)29-9-16(23)24/h2-7H,8-9H2,1H3,(H,21,27)(H,23,24). The van der Waals surface area contributed by atoms with Crippen LogP contribution in [-0.2, 0) is 20.9 Å². The van der Waals surface area contributed by atoms with Gasteiger partial charge in [-0.3, -0.25) is 9.69 Å². The molecule has 1 fully saturated rings. The van der Waals surface area contributed by atoms with Gasteiger partial charge >= 0.3 is 18.0 Å². The molecule has 0 atom stereocenters. The van der Waals surface area contributed by atoms with Gasteiger partial charge in [-0.2, -0.15) is 0 Å². The summed E-state index contributed by atoms with van der Waals surface area (Å²) in [6.07, 6.45) is 1.32. The van der Waals surface area contributed by atoms with Crippen LogP contribution in [0.25, 0.3) is 6.08 Å². The van der Waals surface area contributed by atoms with Crippen LogP contribution in [0.2, 0.25) is 5.02 Å². The number of rotatable bonds is 7. The highest BCUT2D eigenvalue weighted by Gasteiger charge is 2.34. The van der Waals surface area contributed by atoms with E-state index >= 15 is 0 Å². The van der Waals surface area contributed by atoms with E-state index < -0.39 is 30.5 Å². The number of furan rings is 1. The number of nitrogens with one attached hydrogen (secondary N) is 1. The Labute approximate surface area is 174 Å². The number of hydrogen-bond donors (Lipinski definition) is 2. The highest BCUT2D eigenvalue weighted by molar-refractivity contribution is 6.30. The lowest BCUT2D eigenvalue weighted by molar-refractivity contribution is -0.139. The van der Waals surface area contributed by atoms with Crippen molar-refractivity contribution >= 4 is 41.6 Å². The molecule has 1 aliphatic heterocycles. The molecule has 0 unspecified atom stereocenters. The first-order valence-corrected chi connectivity index (χ1v) is 8.82. The van der Waals surface area contributed by atoms with E-state index in [4.69, 9.17) is 25.9 Å². The van der Waals surface area contributed by atoms with E-state index in [0.29, 0.717) is 10.6 Å². The lowest BCUT2D eigenvalue weighted by Gasteiger charge is -2.09. The van der Waals surface area contributed by atoms with Crippen molar-refractivity contribution in [2.75, 3.05) is 13.7 Å². The third-order valence-corrected chi connectivity index (χ3v) is 4.18. The average Bonchev–Trinajstić information content (AvgIpc) is 3.27. The van der Waals surface area contributed by atoms with Crippen LogP contribution in [0.5, 0.6) is 5.75 Å². The summed E-state index contributed by atoms with van der Waals surface area (Å²) < 4.78 is 15.0. The maximum atomic E-state index is 12.7. The van der Waals surface area contributed by atoms with Gasteiger partial charge in [-0.05, 0) is 36.4 Å². The summed E-state index contributed by atoms with van der Waals surface area (Å²) in [6, 6.07) is 6.53. The molecule has 2 heterocycles. The highest BCUT2D eigenvalue weighted by atomic mass is 35.5. The topological polar surface area (TPSA) is 135 Å². The Morgan fingerprint density at radius 2 is 2.03 bits per heavy atom. The minimum Gasteiger partial charge on any atom is -0.481 e. The average molecular weight is 435 g/mol. The fourth-order valence-corrected chi connectivity index (χ4v) is 2.78. The van der Waals surface area contributed by atoms with Gasteiger partial charge in [0, 0.05) is 10.6 Å². The monoisotopic (exact) mass is 434 g/mol. The van der Waals surface area contributed by atoms with E-state index in [1.807, 2.05) is 0 Å². The van der Waals surface area contributed by atoms with Crippen LogP contribution in [0, 0.1) is 0 Å². The maximum Gasteiger partial charge on any atom is 0.373 e. The van der Waals surface area contributed by atoms with E-state index in [2.05, 4.69) is 10.1 Å². The number of ether oxygens (including phenoxy) is 2. The molecule has 0 radical (unpaired) electrons. The molecule has 2 N–H and O–H groups in total. The maximum absolute atomic E-state index is 12.7. The van der Waals surface area contributed by atoms with Gasteiger partial charge in [0.1, 0.15) is 17.2 Å². The van der Waals surface area contributed by atoms with Crippen molar-refractivity contribution in [3.8, 4) is 5.75 Å². The van der Waals surface area contributed by atoms with Gasteiger partial charge in [0.25, 0.3) is 5.91 Å². The number of carboxylic acids is 1. The molecule has 3 rings (SSSR count). The summed E-state index contributed by atoms with van der Waals surface area (Å²) in [5.74, 6) is -2.20. The molecule has 156 valence electrons. The van der Waals surface area contributed by atoms with Crippen molar-refractivity contribution < 1.29 is 38.2 Å². The Morgan fingerprint density at radius 3 is 2.73 bits per heavy atom. The fraction of sp³-hybridized carbons (Fsp3) is 0.158. The number of esters is 1. The summed E-state index contributed by atoms with van der Waals surface area (Å²) in [4.78, 5) is 48.0. The number of hydrogen-bond acceptors (Lipinski definition) is 7. The molecular formula is C19H15ClN2O8. The molecule has 0 spiro atoms. The second-order valence-electron chi connectivity index (χ2n) is 6.00. The van der Waals surface area contributed by atoms with Crippen molar-refractivity contribution in [2.24, 2.45) is 0 Å². The van der Waals surface area contributed by atoms with E-state index in [-0.39, 0.29) is 29.5 Å². The molecule has 2 aromatic rings. The lowest BCUT2D eigenvalue weighted by Crippen LogP contribution is -2.30. The summed E-state index contributed by atoms with van der Waals surface area (Å²) in [5.41, 5.74) is 0.238. The Kier molecular flexibility index (Phi) is 6.07. The van der Waals surface area contributed by atoms with Crippen molar-refractivity contribution in [3.63, 3.8) is 0 Å².